The highest BCUT2D eigenvalue weighted by Gasteiger charge is 2.22. The Morgan fingerprint density at radius 1 is 1.35 bits per heavy atom. The van der Waals surface area contributed by atoms with Crippen molar-refractivity contribution in [2.75, 3.05) is 6.79 Å². The average molecular weight is 348 g/mol. The number of imidazole rings is 1. The second-order valence-corrected chi connectivity index (χ2v) is 5.66. The second-order valence-electron chi connectivity index (χ2n) is 5.66. The molecule has 0 bridgehead atoms. The Morgan fingerprint density at radius 2 is 2.12 bits per heavy atom. The summed E-state index contributed by atoms with van der Waals surface area (Å²) in [6.07, 6.45) is 3.14. The Bertz CT molecular complexity index is 1090. The van der Waals surface area contributed by atoms with E-state index >= 15 is 0 Å². The SMILES string of the molecule is N#C/C(=C\c1cc2c(cc1[N+](=O)[O-])OCO2)Cn1cnc2ccccc21. The molecule has 0 N–H and O–H groups in total. The van der Waals surface area contributed by atoms with E-state index in [0.29, 0.717) is 22.6 Å². The molecule has 0 spiro atoms. The lowest BCUT2D eigenvalue weighted by Crippen LogP contribution is -1.99. The quantitative estimate of drug-likeness (QED) is 0.407. The number of aromatic nitrogens is 2. The summed E-state index contributed by atoms with van der Waals surface area (Å²) in [4.78, 5) is 15.1. The van der Waals surface area contributed by atoms with Crippen molar-refractivity contribution in [3.8, 4) is 17.6 Å². The molecule has 8 nitrogen and oxygen atoms in total. The van der Waals surface area contributed by atoms with Crippen LogP contribution in [0.15, 0.2) is 48.3 Å². The molecule has 128 valence electrons. The molecule has 0 atom stereocenters. The number of nitriles is 1. The molecule has 0 radical (unpaired) electrons. The van der Waals surface area contributed by atoms with E-state index in [2.05, 4.69) is 11.1 Å². The minimum absolute atomic E-state index is 0.0196. The van der Waals surface area contributed by atoms with Crippen LogP contribution in [0.4, 0.5) is 5.69 Å². The van der Waals surface area contributed by atoms with E-state index in [0.717, 1.165) is 11.0 Å². The molecule has 4 rings (SSSR count). The minimum Gasteiger partial charge on any atom is -0.454 e. The van der Waals surface area contributed by atoms with E-state index in [1.807, 2.05) is 28.8 Å². The number of benzene rings is 2. The van der Waals surface area contributed by atoms with Gasteiger partial charge in [0.25, 0.3) is 5.69 Å². The Hall–Kier alpha value is -3.86. The molecular formula is C18H12N4O4. The zero-order valence-corrected chi connectivity index (χ0v) is 13.5. The summed E-state index contributed by atoms with van der Waals surface area (Å²) >= 11 is 0. The Balaban J connectivity index is 1.74. The Labute approximate surface area is 147 Å². The molecule has 1 aromatic heterocycles. The van der Waals surface area contributed by atoms with Crippen molar-refractivity contribution in [3.05, 3.63) is 64.0 Å². The van der Waals surface area contributed by atoms with Gasteiger partial charge < -0.3 is 14.0 Å². The van der Waals surface area contributed by atoms with Crippen molar-refractivity contribution in [2.24, 2.45) is 0 Å². The molecule has 0 fully saturated rings. The predicted molar refractivity (Wildman–Crippen MR) is 92.5 cm³/mol. The number of rotatable bonds is 4. The topological polar surface area (TPSA) is 103 Å². The van der Waals surface area contributed by atoms with Gasteiger partial charge in [0.2, 0.25) is 6.79 Å². The molecule has 2 heterocycles. The van der Waals surface area contributed by atoms with Crippen LogP contribution in [0.25, 0.3) is 17.1 Å². The molecule has 26 heavy (non-hydrogen) atoms. The number of nitro benzene ring substituents is 1. The minimum atomic E-state index is -0.505. The monoisotopic (exact) mass is 348 g/mol. The number of allylic oxidation sites excluding steroid dienone is 1. The van der Waals surface area contributed by atoms with Crippen LogP contribution >= 0.6 is 0 Å². The molecular weight excluding hydrogens is 336 g/mol. The molecule has 1 aliphatic heterocycles. The molecule has 3 aromatic rings. The van der Waals surface area contributed by atoms with Crippen molar-refractivity contribution in [1.82, 2.24) is 9.55 Å². The maximum absolute atomic E-state index is 11.4. The zero-order valence-electron chi connectivity index (χ0n) is 13.5. The van der Waals surface area contributed by atoms with Crippen LogP contribution in [0, 0.1) is 21.4 Å². The highest BCUT2D eigenvalue weighted by atomic mass is 16.7. The van der Waals surface area contributed by atoms with E-state index in [1.54, 1.807) is 6.33 Å². The van der Waals surface area contributed by atoms with Gasteiger partial charge in [0.05, 0.1) is 52.1 Å². The zero-order chi connectivity index (χ0) is 18.1. The molecule has 0 unspecified atom stereocenters. The highest BCUT2D eigenvalue weighted by molar-refractivity contribution is 5.75. The van der Waals surface area contributed by atoms with Gasteiger partial charge in [-0.1, -0.05) is 12.1 Å². The first-order valence-corrected chi connectivity index (χ1v) is 7.74. The maximum Gasteiger partial charge on any atom is 0.280 e. The van der Waals surface area contributed by atoms with Crippen LogP contribution in [0.1, 0.15) is 5.56 Å². The fraction of sp³-hybridized carbons (Fsp3) is 0.111. The molecule has 8 heteroatoms. The number of para-hydroxylation sites is 2. The van der Waals surface area contributed by atoms with Crippen LogP contribution in [-0.2, 0) is 6.54 Å². The van der Waals surface area contributed by atoms with Crippen LogP contribution < -0.4 is 9.47 Å². The van der Waals surface area contributed by atoms with Gasteiger partial charge in [0, 0.05) is 0 Å². The van der Waals surface area contributed by atoms with Gasteiger partial charge >= 0.3 is 0 Å². The highest BCUT2D eigenvalue weighted by Crippen LogP contribution is 2.38. The van der Waals surface area contributed by atoms with E-state index in [4.69, 9.17) is 9.47 Å². The molecule has 2 aromatic carbocycles. The van der Waals surface area contributed by atoms with Gasteiger partial charge in [0.15, 0.2) is 11.5 Å². The summed E-state index contributed by atoms with van der Waals surface area (Å²) in [7, 11) is 0. The maximum atomic E-state index is 11.4. The lowest BCUT2D eigenvalue weighted by Gasteiger charge is -2.05. The van der Waals surface area contributed by atoms with Crippen LogP contribution in [0.2, 0.25) is 0 Å². The summed E-state index contributed by atoms with van der Waals surface area (Å²) in [5, 5.41) is 20.9. The van der Waals surface area contributed by atoms with Gasteiger partial charge in [-0.2, -0.15) is 5.26 Å². The lowest BCUT2D eigenvalue weighted by molar-refractivity contribution is -0.385. The van der Waals surface area contributed by atoms with Crippen LogP contribution in [-0.4, -0.2) is 21.3 Å². The third-order valence-electron chi connectivity index (χ3n) is 4.06. The van der Waals surface area contributed by atoms with Crippen molar-refractivity contribution >= 4 is 22.8 Å². The largest absolute Gasteiger partial charge is 0.454 e. The third-order valence-corrected chi connectivity index (χ3v) is 4.06. The molecule has 0 aliphatic carbocycles. The molecule has 0 saturated heterocycles. The van der Waals surface area contributed by atoms with Crippen molar-refractivity contribution in [3.63, 3.8) is 0 Å². The smallest absolute Gasteiger partial charge is 0.280 e. The number of hydrogen-bond donors (Lipinski definition) is 0. The van der Waals surface area contributed by atoms with Crippen LogP contribution in [0.3, 0.4) is 0 Å². The normalized spacial score (nSPS) is 13.0. The fourth-order valence-corrected chi connectivity index (χ4v) is 2.84. The number of fused-ring (bicyclic) bond motifs is 2. The molecule has 0 saturated carbocycles. The lowest BCUT2D eigenvalue weighted by atomic mass is 10.1. The number of nitrogens with zero attached hydrogens (tertiary/aromatic N) is 4. The van der Waals surface area contributed by atoms with Gasteiger partial charge in [-0.05, 0) is 24.3 Å². The fourth-order valence-electron chi connectivity index (χ4n) is 2.84. The Kier molecular flexibility index (Phi) is 3.74. The van der Waals surface area contributed by atoms with E-state index in [9.17, 15) is 15.4 Å². The van der Waals surface area contributed by atoms with Gasteiger partial charge in [-0.3, -0.25) is 10.1 Å². The standard InChI is InChI=1S/C18H12N4O4/c19-8-12(9-21-10-20-14-3-1-2-4-15(14)21)5-13-6-17-18(26-11-25-17)7-16(13)22(23)24/h1-7,10H,9,11H2/b12-5+. The van der Waals surface area contributed by atoms with Gasteiger partial charge in [-0.15, -0.1) is 0 Å². The summed E-state index contributed by atoms with van der Waals surface area (Å²) < 4.78 is 12.3. The first-order valence-electron chi connectivity index (χ1n) is 7.74. The molecule has 1 aliphatic rings. The number of ether oxygens (including phenoxy) is 2. The van der Waals surface area contributed by atoms with E-state index in [1.165, 1.54) is 18.2 Å². The van der Waals surface area contributed by atoms with Crippen LogP contribution in [0.5, 0.6) is 11.5 Å². The van der Waals surface area contributed by atoms with Crippen molar-refractivity contribution in [2.45, 2.75) is 6.54 Å². The third kappa shape index (κ3) is 2.71. The summed E-state index contributed by atoms with van der Waals surface area (Å²) in [5.41, 5.74) is 2.21. The van der Waals surface area contributed by atoms with E-state index in [-0.39, 0.29) is 19.0 Å². The molecule has 0 amide bonds. The predicted octanol–water partition coefficient (Wildman–Crippen LogP) is 3.28. The van der Waals surface area contributed by atoms with Gasteiger partial charge in [0.1, 0.15) is 0 Å². The average Bonchev–Trinajstić information content (AvgIpc) is 3.27. The van der Waals surface area contributed by atoms with E-state index < -0.39 is 4.92 Å². The summed E-state index contributed by atoms with van der Waals surface area (Å²) in [5.74, 6) is 0.750. The first kappa shape index (κ1) is 15.7. The second kappa shape index (κ2) is 6.22. The van der Waals surface area contributed by atoms with Crippen molar-refractivity contribution in [1.29, 1.82) is 5.26 Å². The first-order chi connectivity index (χ1) is 12.7. The van der Waals surface area contributed by atoms with Crippen molar-refractivity contribution < 1.29 is 14.4 Å². The number of nitro groups is 1. The van der Waals surface area contributed by atoms with Gasteiger partial charge in [-0.25, -0.2) is 4.98 Å². The summed E-state index contributed by atoms with van der Waals surface area (Å²) in [6, 6.07) is 12.5. The number of hydrogen-bond acceptors (Lipinski definition) is 6. The summed E-state index contributed by atoms with van der Waals surface area (Å²) in [6.45, 7) is 0.272. The Morgan fingerprint density at radius 3 is 2.88 bits per heavy atom.